The molecule has 0 spiro atoms. The highest BCUT2D eigenvalue weighted by Gasteiger charge is 2.26. The molecule has 2 aromatic rings. The SMILES string of the molecule is O=S(=O)(Cc1ccon1)c1nnc2n1CCCCC2. The molecule has 0 atom stereocenters. The van der Waals surface area contributed by atoms with Gasteiger partial charge in [0, 0.05) is 19.0 Å². The van der Waals surface area contributed by atoms with E-state index in [9.17, 15) is 8.42 Å². The molecule has 0 saturated carbocycles. The molecule has 0 N–H and O–H groups in total. The van der Waals surface area contributed by atoms with Crippen LogP contribution in [0.4, 0.5) is 0 Å². The first-order chi connectivity index (χ1) is 9.17. The summed E-state index contributed by atoms with van der Waals surface area (Å²) in [5, 5.41) is 11.5. The van der Waals surface area contributed by atoms with Gasteiger partial charge in [-0.1, -0.05) is 11.6 Å². The average Bonchev–Trinajstić information content (AvgIpc) is 2.94. The normalized spacial score (nSPS) is 16.0. The lowest BCUT2D eigenvalue weighted by atomic mass is 10.2. The van der Waals surface area contributed by atoms with E-state index >= 15 is 0 Å². The van der Waals surface area contributed by atoms with Crippen LogP contribution in [-0.2, 0) is 28.6 Å². The molecule has 0 aromatic carbocycles. The van der Waals surface area contributed by atoms with Crippen molar-refractivity contribution in [3.63, 3.8) is 0 Å². The Morgan fingerprint density at radius 1 is 1.26 bits per heavy atom. The highest BCUT2D eigenvalue weighted by Crippen LogP contribution is 2.19. The van der Waals surface area contributed by atoms with Gasteiger partial charge in [0.1, 0.15) is 17.8 Å². The number of nitrogens with zero attached hydrogens (tertiary/aromatic N) is 4. The van der Waals surface area contributed by atoms with Crippen molar-refractivity contribution in [2.45, 2.75) is 43.1 Å². The Morgan fingerprint density at radius 2 is 2.16 bits per heavy atom. The minimum atomic E-state index is -3.53. The largest absolute Gasteiger partial charge is 0.364 e. The molecule has 0 saturated heterocycles. The molecule has 19 heavy (non-hydrogen) atoms. The summed E-state index contributed by atoms with van der Waals surface area (Å²) < 4.78 is 31.1. The Kier molecular flexibility index (Phi) is 3.09. The number of rotatable bonds is 3. The van der Waals surface area contributed by atoms with Gasteiger partial charge >= 0.3 is 0 Å². The molecule has 0 aliphatic carbocycles. The minimum Gasteiger partial charge on any atom is -0.364 e. The van der Waals surface area contributed by atoms with Crippen molar-refractivity contribution in [2.75, 3.05) is 0 Å². The molecular formula is C11H14N4O3S. The van der Waals surface area contributed by atoms with E-state index in [2.05, 4.69) is 19.9 Å². The smallest absolute Gasteiger partial charge is 0.250 e. The zero-order valence-electron chi connectivity index (χ0n) is 10.3. The molecule has 0 amide bonds. The van der Waals surface area contributed by atoms with Gasteiger partial charge in [-0.3, -0.25) is 0 Å². The maximum Gasteiger partial charge on any atom is 0.250 e. The molecule has 7 nitrogen and oxygen atoms in total. The maximum absolute atomic E-state index is 12.3. The number of hydrogen-bond acceptors (Lipinski definition) is 6. The molecule has 0 bridgehead atoms. The Labute approximate surface area is 110 Å². The zero-order valence-corrected chi connectivity index (χ0v) is 11.1. The molecule has 0 radical (unpaired) electrons. The summed E-state index contributed by atoms with van der Waals surface area (Å²) in [5.74, 6) is 0.554. The maximum atomic E-state index is 12.3. The summed E-state index contributed by atoms with van der Waals surface area (Å²) in [4.78, 5) is 0. The molecule has 3 rings (SSSR count). The quantitative estimate of drug-likeness (QED) is 0.833. The minimum absolute atomic E-state index is 0.0485. The lowest BCUT2D eigenvalue weighted by molar-refractivity contribution is 0.413. The molecule has 0 unspecified atom stereocenters. The van der Waals surface area contributed by atoms with Crippen LogP contribution in [0.2, 0.25) is 0 Å². The van der Waals surface area contributed by atoms with E-state index < -0.39 is 9.84 Å². The van der Waals surface area contributed by atoms with Gasteiger partial charge in [-0.15, -0.1) is 10.2 Å². The summed E-state index contributed by atoms with van der Waals surface area (Å²) in [6.45, 7) is 0.662. The van der Waals surface area contributed by atoms with Gasteiger partial charge in [0.15, 0.2) is 0 Å². The van der Waals surface area contributed by atoms with Crippen LogP contribution in [0.1, 0.15) is 30.8 Å². The van der Waals surface area contributed by atoms with Gasteiger partial charge in [-0.05, 0) is 12.8 Å². The van der Waals surface area contributed by atoms with E-state index in [0.717, 1.165) is 31.5 Å². The van der Waals surface area contributed by atoms with E-state index in [1.807, 2.05) is 0 Å². The van der Waals surface area contributed by atoms with Crippen LogP contribution in [0.25, 0.3) is 0 Å². The van der Waals surface area contributed by atoms with Crippen molar-refractivity contribution >= 4 is 9.84 Å². The molecule has 1 aliphatic heterocycles. The van der Waals surface area contributed by atoms with Crippen molar-refractivity contribution in [3.8, 4) is 0 Å². The first-order valence-corrected chi connectivity index (χ1v) is 7.86. The van der Waals surface area contributed by atoms with E-state index in [4.69, 9.17) is 0 Å². The number of fused-ring (bicyclic) bond motifs is 1. The van der Waals surface area contributed by atoms with Crippen molar-refractivity contribution in [3.05, 3.63) is 23.8 Å². The van der Waals surface area contributed by atoms with Crippen LogP contribution in [0.3, 0.4) is 0 Å². The van der Waals surface area contributed by atoms with Gasteiger partial charge in [0.25, 0.3) is 0 Å². The predicted octanol–water partition coefficient (Wildman–Crippen LogP) is 0.966. The van der Waals surface area contributed by atoms with Crippen molar-refractivity contribution in [2.24, 2.45) is 0 Å². The standard InChI is InChI=1S/C11H14N4O3S/c16-19(17,8-9-5-7-18-14-9)11-13-12-10-4-2-1-3-6-15(10)11/h5,7H,1-4,6,8H2. The fourth-order valence-corrected chi connectivity index (χ4v) is 3.62. The van der Waals surface area contributed by atoms with Crippen LogP contribution in [0.15, 0.2) is 22.0 Å². The first kappa shape index (κ1) is 12.3. The third-order valence-corrected chi connectivity index (χ3v) is 4.72. The lowest BCUT2D eigenvalue weighted by Crippen LogP contribution is -2.14. The highest BCUT2D eigenvalue weighted by atomic mass is 32.2. The summed E-state index contributed by atoms with van der Waals surface area (Å²) in [5.41, 5.74) is 0.381. The fraction of sp³-hybridized carbons (Fsp3) is 0.545. The van der Waals surface area contributed by atoms with Crippen molar-refractivity contribution in [1.29, 1.82) is 0 Å². The van der Waals surface area contributed by atoms with Crippen LogP contribution < -0.4 is 0 Å². The van der Waals surface area contributed by atoms with Crippen molar-refractivity contribution < 1.29 is 12.9 Å². The van der Waals surface area contributed by atoms with Gasteiger partial charge in [-0.25, -0.2) is 8.42 Å². The van der Waals surface area contributed by atoms with E-state index in [1.165, 1.54) is 12.3 Å². The van der Waals surface area contributed by atoms with Crippen LogP contribution in [0.5, 0.6) is 0 Å². The Hall–Kier alpha value is -1.70. The Balaban J connectivity index is 1.95. The Bertz CT molecular complexity index is 660. The molecule has 8 heteroatoms. The molecule has 1 aliphatic rings. The van der Waals surface area contributed by atoms with Crippen molar-refractivity contribution in [1.82, 2.24) is 19.9 Å². The van der Waals surface area contributed by atoms with Crippen LogP contribution in [-0.4, -0.2) is 28.3 Å². The van der Waals surface area contributed by atoms with Crippen LogP contribution in [0, 0.1) is 0 Å². The highest BCUT2D eigenvalue weighted by molar-refractivity contribution is 7.90. The molecule has 102 valence electrons. The van der Waals surface area contributed by atoms with E-state index in [-0.39, 0.29) is 10.9 Å². The summed E-state index contributed by atoms with van der Waals surface area (Å²) in [6.07, 6.45) is 5.22. The third-order valence-electron chi connectivity index (χ3n) is 3.18. The van der Waals surface area contributed by atoms with Gasteiger partial charge in [0.05, 0.1) is 5.69 Å². The van der Waals surface area contributed by atoms with E-state index in [1.54, 1.807) is 4.57 Å². The van der Waals surface area contributed by atoms with E-state index in [0.29, 0.717) is 12.2 Å². The molecule has 0 fully saturated rings. The summed E-state index contributed by atoms with van der Waals surface area (Å²) in [6, 6.07) is 1.54. The Morgan fingerprint density at radius 3 is 2.95 bits per heavy atom. The fourth-order valence-electron chi connectivity index (χ4n) is 2.26. The predicted molar refractivity (Wildman–Crippen MR) is 65.0 cm³/mol. The second kappa shape index (κ2) is 4.76. The molecule has 3 heterocycles. The summed E-state index contributed by atoms with van der Waals surface area (Å²) in [7, 11) is -3.53. The second-order valence-electron chi connectivity index (χ2n) is 4.61. The average molecular weight is 282 g/mol. The topological polar surface area (TPSA) is 90.9 Å². The molecular weight excluding hydrogens is 268 g/mol. The zero-order chi connectivity index (χ0) is 13.3. The van der Waals surface area contributed by atoms with Gasteiger partial charge in [0.2, 0.25) is 15.0 Å². The molecule has 2 aromatic heterocycles. The van der Waals surface area contributed by atoms with Gasteiger partial charge < -0.3 is 9.09 Å². The number of sulfone groups is 1. The van der Waals surface area contributed by atoms with Crippen LogP contribution >= 0.6 is 0 Å². The monoisotopic (exact) mass is 282 g/mol. The third kappa shape index (κ3) is 2.40. The second-order valence-corrected chi connectivity index (χ2v) is 6.49. The van der Waals surface area contributed by atoms with Gasteiger partial charge in [-0.2, -0.15) is 0 Å². The first-order valence-electron chi connectivity index (χ1n) is 6.21. The number of aromatic nitrogens is 4. The lowest BCUT2D eigenvalue weighted by Gasteiger charge is -2.06. The number of hydrogen-bond donors (Lipinski definition) is 0. The summed E-state index contributed by atoms with van der Waals surface area (Å²) >= 11 is 0. The number of aryl methyl sites for hydroxylation is 1.